The zero-order chi connectivity index (χ0) is 19.1. The number of methoxy groups -OCH3 is 2. The largest absolute Gasteiger partial charge is 0.465 e. The van der Waals surface area contributed by atoms with E-state index < -0.39 is 23.6 Å². The summed E-state index contributed by atoms with van der Waals surface area (Å²) in [5.41, 5.74) is 0.580. The first kappa shape index (κ1) is 19.9. The van der Waals surface area contributed by atoms with Gasteiger partial charge < -0.3 is 9.47 Å². The molecule has 25 heavy (non-hydrogen) atoms. The van der Waals surface area contributed by atoms with Gasteiger partial charge in [0.15, 0.2) is 5.82 Å². The van der Waals surface area contributed by atoms with Crippen LogP contribution < -0.4 is 4.73 Å². The van der Waals surface area contributed by atoms with Gasteiger partial charge >= 0.3 is 11.9 Å². The summed E-state index contributed by atoms with van der Waals surface area (Å²) in [4.78, 5) is 25.6. The lowest BCUT2D eigenvalue weighted by Gasteiger charge is -2.02. The van der Waals surface area contributed by atoms with Crippen LogP contribution in [-0.4, -0.2) is 36.3 Å². The van der Waals surface area contributed by atoms with Gasteiger partial charge in [0.05, 0.1) is 20.4 Å². The lowest BCUT2D eigenvalue weighted by Crippen LogP contribution is -2.31. The number of hydrogen-bond acceptors (Lipinski definition) is 6. The molecule has 0 aromatic carbocycles. The first-order valence-electron chi connectivity index (χ1n) is 6.90. The smallest absolute Gasteiger partial charge is 0.341 e. The Morgan fingerprint density at radius 2 is 1.48 bits per heavy atom. The van der Waals surface area contributed by atoms with Crippen molar-refractivity contribution in [3.05, 3.63) is 58.7 Å². The van der Waals surface area contributed by atoms with E-state index in [0.717, 1.165) is 12.4 Å². The number of aryl methyl sites for hydroxylation is 2. The second-order valence-corrected chi connectivity index (χ2v) is 4.84. The summed E-state index contributed by atoms with van der Waals surface area (Å²) < 4.78 is 35.3. The molecule has 0 unspecified atom stereocenters. The van der Waals surface area contributed by atoms with E-state index >= 15 is 0 Å². The molecule has 9 heteroatoms. The maximum absolute atomic E-state index is 13.1. The quantitative estimate of drug-likeness (QED) is 0.502. The number of carbonyl (C=O) groups is 2. The molecule has 0 amide bonds. The van der Waals surface area contributed by atoms with E-state index in [2.05, 4.69) is 14.5 Å². The molecule has 134 valence electrons. The Balaban J connectivity index is 0.000000251. The molecule has 2 aromatic heterocycles. The van der Waals surface area contributed by atoms with Crippen molar-refractivity contribution < 1.29 is 37.8 Å². The van der Waals surface area contributed by atoms with Crippen LogP contribution in [0, 0.1) is 25.5 Å². The normalized spacial score (nSPS) is 9.68. The summed E-state index contributed by atoms with van der Waals surface area (Å²) in [5, 5.41) is 8.90. The van der Waals surface area contributed by atoms with Crippen molar-refractivity contribution in [2.75, 3.05) is 14.2 Å². The lowest BCUT2D eigenvalue weighted by molar-refractivity contribution is -0.905. The summed E-state index contributed by atoms with van der Waals surface area (Å²) >= 11 is 0. The van der Waals surface area contributed by atoms with Gasteiger partial charge in [-0.3, -0.25) is 10.2 Å². The number of carbonyl (C=O) groups excluding carboxylic acids is 2. The third kappa shape index (κ3) is 4.93. The van der Waals surface area contributed by atoms with Crippen LogP contribution in [0.1, 0.15) is 31.8 Å². The van der Waals surface area contributed by atoms with Gasteiger partial charge in [-0.25, -0.2) is 14.0 Å². The van der Waals surface area contributed by atoms with Gasteiger partial charge in [0.1, 0.15) is 11.1 Å². The van der Waals surface area contributed by atoms with E-state index in [9.17, 15) is 18.4 Å². The van der Waals surface area contributed by atoms with Crippen molar-refractivity contribution >= 4 is 11.9 Å². The minimum atomic E-state index is -0.811. The van der Waals surface area contributed by atoms with Gasteiger partial charge in [0.2, 0.25) is 12.0 Å². The number of ether oxygens (including phenoxy) is 2. The van der Waals surface area contributed by atoms with Crippen LogP contribution in [0.25, 0.3) is 0 Å². The molecular weight excluding hydrogens is 338 g/mol. The highest BCUT2D eigenvalue weighted by Gasteiger charge is 2.20. The minimum absolute atomic E-state index is 0.0486. The predicted molar refractivity (Wildman–Crippen MR) is 80.1 cm³/mol. The van der Waals surface area contributed by atoms with Gasteiger partial charge in [-0.05, 0) is 19.4 Å². The molecule has 0 aliphatic heterocycles. The molecular formula is C16H17F2N2O5+. The van der Waals surface area contributed by atoms with Crippen LogP contribution in [0.2, 0.25) is 0 Å². The van der Waals surface area contributed by atoms with Crippen molar-refractivity contribution in [1.29, 1.82) is 0 Å². The van der Waals surface area contributed by atoms with Gasteiger partial charge in [-0.2, -0.15) is 4.39 Å². The fraction of sp³-hybridized carbons (Fsp3) is 0.250. The van der Waals surface area contributed by atoms with Crippen molar-refractivity contribution in [3.63, 3.8) is 0 Å². The highest BCUT2D eigenvalue weighted by Crippen LogP contribution is 2.11. The number of rotatable bonds is 2. The molecule has 7 nitrogen and oxygen atoms in total. The number of aromatic nitrogens is 2. The van der Waals surface area contributed by atoms with Gasteiger partial charge in [0.25, 0.3) is 6.20 Å². The van der Waals surface area contributed by atoms with Crippen LogP contribution in [0.3, 0.4) is 0 Å². The van der Waals surface area contributed by atoms with Crippen molar-refractivity contribution in [2.45, 2.75) is 13.8 Å². The van der Waals surface area contributed by atoms with E-state index in [1.54, 1.807) is 6.92 Å². The fourth-order valence-corrected chi connectivity index (χ4v) is 1.92. The second-order valence-electron chi connectivity index (χ2n) is 4.84. The number of halogens is 2. The van der Waals surface area contributed by atoms with Gasteiger partial charge in [-0.1, -0.05) is 0 Å². The molecule has 2 rings (SSSR count). The van der Waals surface area contributed by atoms with Crippen LogP contribution >= 0.6 is 0 Å². The van der Waals surface area contributed by atoms with Crippen LogP contribution in [0.5, 0.6) is 0 Å². The Morgan fingerprint density at radius 1 is 0.960 bits per heavy atom. The molecule has 0 aliphatic rings. The predicted octanol–water partition coefficient (Wildman–Crippen LogP) is 1.76. The molecule has 0 radical (unpaired) electrons. The molecule has 0 spiro atoms. The van der Waals surface area contributed by atoms with Crippen LogP contribution in [0.4, 0.5) is 8.78 Å². The van der Waals surface area contributed by atoms with Crippen molar-refractivity contribution in [2.24, 2.45) is 0 Å². The monoisotopic (exact) mass is 355 g/mol. The van der Waals surface area contributed by atoms with Gasteiger partial charge in [0, 0.05) is 16.5 Å². The maximum atomic E-state index is 13.1. The number of esters is 2. The minimum Gasteiger partial charge on any atom is -0.465 e. The third-order valence-corrected chi connectivity index (χ3v) is 3.07. The molecule has 2 aromatic rings. The summed E-state index contributed by atoms with van der Waals surface area (Å²) in [6.45, 7) is 3.10. The lowest BCUT2D eigenvalue weighted by atomic mass is 10.1. The summed E-state index contributed by atoms with van der Waals surface area (Å²) in [6.07, 6.45) is 4.41. The van der Waals surface area contributed by atoms with Crippen molar-refractivity contribution in [3.8, 4) is 0 Å². The van der Waals surface area contributed by atoms with Crippen LogP contribution in [-0.2, 0) is 9.47 Å². The second kappa shape index (κ2) is 8.67. The Bertz CT molecular complexity index is 753. The Labute approximate surface area is 142 Å². The Kier molecular flexibility index (Phi) is 6.92. The molecule has 0 bridgehead atoms. The molecule has 2 heterocycles. The summed E-state index contributed by atoms with van der Waals surface area (Å²) in [5.74, 6) is -2.89. The Hall–Kier alpha value is -3.10. The highest BCUT2D eigenvalue weighted by molar-refractivity contribution is 5.91. The van der Waals surface area contributed by atoms with E-state index in [0.29, 0.717) is 15.9 Å². The van der Waals surface area contributed by atoms with E-state index in [-0.39, 0.29) is 11.1 Å². The average Bonchev–Trinajstić information content (AvgIpc) is 2.53. The topological polar surface area (TPSA) is 89.6 Å². The summed E-state index contributed by atoms with van der Waals surface area (Å²) in [7, 11) is 2.38. The standard InChI is InChI=1S/C8H9FNO3.C8H8FNO2/c1-5-3-10(12)4-6(9)7(5)8(11)13-2;1-5-3-10-4-6(9)7(5)8(11)12-2/h3-4,12H,1-2H3;3-4H,1-2H3/q+1;. The molecule has 1 N–H and O–H groups in total. The third-order valence-electron chi connectivity index (χ3n) is 3.07. The molecule has 0 saturated heterocycles. The molecule has 0 atom stereocenters. The number of hydrogen-bond donors (Lipinski definition) is 1. The highest BCUT2D eigenvalue weighted by atomic mass is 19.1. The SMILES string of the molecule is COC(=O)c1c(C)c[n+](O)cc1F.COC(=O)c1c(C)cncc1F. The summed E-state index contributed by atoms with van der Waals surface area (Å²) in [6, 6.07) is 0. The zero-order valence-corrected chi connectivity index (χ0v) is 14.0. The van der Waals surface area contributed by atoms with Crippen LogP contribution in [0.15, 0.2) is 24.8 Å². The maximum Gasteiger partial charge on any atom is 0.341 e. The van der Waals surface area contributed by atoms with E-state index in [1.165, 1.54) is 33.5 Å². The first-order valence-corrected chi connectivity index (χ1v) is 6.90. The number of nitrogens with zero attached hydrogens (tertiary/aromatic N) is 2. The number of pyridine rings is 2. The van der Waals surface area contributed by atoms with Crippen molar-refractivity contribution in [1.82, 2.24) is 4.98 Å². The molecule has 0 saturated carbocycles. The van der Waals surface area contributed by atoms with E-state index in [4.69, 9.17) is 5.21 Å². The molecule has 0 fully saturated rings. The first-order chi connectivity index (χ1) is 11.7. The Morgan fingerprint density at radius 3 is 1.92 bits per heavy atom. The fourth-order valence-electron chi connectivity index (χ4n) is 1.92. The molecule has 0 aliphatic carbocycles. The zero-order valence-electron chi connectivity index (χ0n) is 14.0. The van der Waals surface area contributed by atoms with Gasteiger partial charge in [-0.15, -0.1) is 0 Å². The van der Waals surface area contributed by atoms with E-state index in [1.807, 2.05) is 0 Å². The average molecular weight is 355 g/mol.